The summed E-state index contributed by atoms with van der Waals surface area (Å²) < 4.78 is 11.3. The van der Waals surface area contributed by atoms with Crippen LogP contribution in [0.2, 0.25) is 0 Å². The molecule has 5 heteroatoms. The number of esters is 2. The largest absolute Gasteiger partial charge is 0.462 e. The van der Waals surface area contributed by atoms with Crippen LogP contribution in [-0.2, 0) is 25.5 Å². The lowest BCUT2D eigenvalue weighted by Crippen LogP contribution is -2.32. The molecule has 0 fully saturated rings. The molecular weight excluding hydrogens is 336 g/mol. The number of benzene rings is 1. The predicted molar refractivity (Wildman–Crippen MR) is 83.8 cm³/mol. The number of halogens is 1. The van der Waals surface area contributed by atoms with Crippen molar-refractivity contribution in [3.63, 3.8) is 0 Å². The summed E-state index contributed by atoms with van der Waals surface area (Å²) in [7, 11) is 0. The molecule has 0 N–H and O–H groups in total. The number of hydrogen-bond acceptors (Lipinski definition) is 4. The van der Waals surface area contributed by atoms with Gasteiger partial charge in [-0.25, -0.2) is 0 Å². The lowest BCUT2D eigenvalue weighted by atomic mass is 9.99. The van der Waals surface area contributed by atoms with E-state index in [1.807, 2.05) is 24.3 Å². The van der Waals surface area contributed by atoms with Crippen LogP contribution in [0.25, 0.3) is 0 Å². The number of carbonyl (C=O) groups excluding carboxylic acids is 2. The van der Waals surface area contributed by atoms with Crippen molar-refractivity contribution in [3.05, 3.63) is 34.3 Å². The van der Waals surface area contributed by atoms with E-state index >= 15 is 0 Å². The van der Waals surface area contributed by atoms with Gasteiger partial charge < -0.3 is 9.47 Å². The summed E-state index contributed by atoms with van der Waals surface area (Å²) in [5, 5.41) is 0. The molecule has 4 nitrogen and oxygen atoms in total. The first-order chi connectivity index (χ1) is 9.79. The average Bonchev–Trinajstić information content (AvgIpc) is 2.36. The molecule has 0 bridgehead atoms. The summed E-state index contributed by atoms with van der Waals surface area (Å²) in [6, 6.07) is 7.46. The molecule has 1 aromatic carbocycles. The van der Waals surface area contributed by atoms with Gasteiger partial charge >= 0.3 is 11.9 Å². The normalized spacial score (nSPS) is 11.0. The Morgan fingerprint density at radius 1 is 0.952 bits per heavy atom. The van der Waals surface area contributed by atoms with Crippen molar-refractivity contribution in [3.8, 4) is 0 Å². The summed E-state index contributed by atoms with van der Waals surface area (Å²) in [5.41, 5.74) is 0.879. The van der Waals surface area contributed by atoms with Crippen LogP contribution in [0.5, 0.6) is 0 Å². The summed E-state index contributed by atoms with van der Waals surface area (Å²) in [6.07, 6.45) is -0.266. The Labute approximate surface area is 133 Å². The zero-order valence-electron chi connectivity index (χ0n) is 12.8. The summed E-state index contributed by atoms with van der Waals surface area (Å²) in [5.74, 6) is -2.02. The second-order valence-electron chi connectivity index (χ2n) is 5.35. The summed E-state index contributed by atoms with van der Waals surface area (Å²) >= 11 is 3.35. The van der Waals surface area contributed by atoms with Gasteiger partial charge in [0, 0.05) is 4.47 Å². The van der Waals surface area contributed by atoms with Crippen molar-refractivity contribution in [2.75, 3.05) is 0 Å². The first-order valence-electron chi connectivity index (χ1n) is 6.95. The zero-order valence-corrected chi connectivity index (χ0v) is 14.3. The number of hydrogen-bond donors (Lipinski definition) is 0. The van der Waals surface area contributed by atoms with E-state index in [0.717, 1.165) is 10.0 Å². The molecule has 0 saturated heterocycles. The fraction of sp³-hybridized carbons (Fsp3) is 0.500. The Balaban J connectivity index is 2.87. The minimum absolute atomic E-state index is 0.267. The van der Waals surface area contributed by atoms with E-state index in [0.29, 0.717) is 0 Å². The molecule has 1 aromatic rings. The third-order valence-corrected chi connectivity index (χ3v) is 3.15. The van der Waals surface area contributed by atoms with Crippen LogP contribution < -0.4 is 0 Å². The van der Waals surface area contributed by atoms with Crippen LogP contribution in [0, 0.1) is 5.92 Å². The van der Waals surface area contributed by atoms with Crippen molar-refractivity contribution in [2.24, 2.45) is 5.92 Å². The summed E-state index contributed by atoms with van der Waals surface area (Å²) in [4.78, 5) is 24.2. The average molecular weight is 357 g/mol. The molecule has 116 valence electrons. The maximum absolute atomic E-state index is 12.1. The molecule has 0 saturated carbocycles. The van der Waals surface area contributed by atoms with Gasteiger partial charge in [-0.05, 0) is 51.8 Å². The maximum atomic E-state index is 12.1. The topological polar surface area (TPSA) is 52.6 Å². The fourth-order valence-corrected chi connectivity index (χ4v) is 2.01. The molecule has 0 unspecified atom stereocenters. The fourth-order valence-electron chi connectivity index (χ4n) is 1.75. The molecule has 0 radical (unpaired) electrons. The highest BCUT2D eigenvalue weighted by Crippen LogP contribution is 2.17. The second kappa shape index (κ2) is 8.17. The van der Waals surface area contributed by atoms with Gasteiger partial charge in [-0.15, -0.1) is 0 Å². The predicted octanol–water partition coefficient (Wildman–Crippen LogP) is 3.51. The Kier molecular flexibility index (Phi) is 6.89. The molecule has 0 aliphatic heterocycles. The lowest BCUT2D eigenvalue weighted by molar-refractivity contribution is -0.166. The molecule has 0 aliphatic carbocycles. The molecule has 0 aromatic heterocycles. The molecule has 0 amide bonds. The van der Waals surface area contributed by atoms with E-state index in [1.165, 1.54) is 0 Å². The minimum atomic E-state index is -0.934. The van der Waals surface area contributed by atoms with E-state index in [9.17, 15) is 9.59 Å². The lowest BCUT2D eigenvalue weighted by Gasteiger charge is -2.18. The van der Waals surface area contributed by atoms with Gasteiger partial charge in [-0.1, -0.05) is 28.1 Å². The standard InChI is InChI=1S/C16H21BrO4/c1-10(2)20-15(18)14(16(19)21-11(3)4)9-12-5-7-13(17)8-6-12/h5-8,10-11,14H,9H2,1-4H3. The zero-order chi connectivity index (χ0) is 16.0. The molecule has 0 atom stereocenters. The van der Waals surface area contributed by atoms with E-state index in [1.54, 1.807) is 27.7 Å². The molecule has 0 aliphatic rings. The van der Waals surface area contributed by atoms with Gasteiger partial charge in [-0.3, -0.25) is 9.59 Å². The third-order valence-electron chi connectivity index (χ3n) is 2.63. The Morgan fingerprint density at radius 2 is 1.38 bits per heavy atom. The van der Waals surface area contributed by atoms with Crippen molar-refractivity contribution < 1.29 is 19.1 Å². The van der Waals surface area contributed by atoms with Crippen LogP contribution in [0.1, 0.15) is 33.3 Å². The monoisotopic (exact) mass is 356 g/mol. The third kappa shape index (κ3) is 6.29. The quantitative estimate of drug-likeness (QED) is 0.578. The van der Waals surface area contributed by atoms with Crippen LogP contribution in [0.3, 0.4) is 0 Å². The maximum Gasteiger partial charge on any atom is 0.320 e. The number of carbonyl (C=O) groups is 2. The van der Waals surface area contributed by atoms with Gasteiger partial charge in [0.2, 0.25) is 0 Å². The van der Waals surface area contributed by atoms with E-state index in [4.69, 9.17) is 9.47 Å². The molecule has 1 rings (SSSR count). The van der Waals surface area contributed by atoms with Crippen LogP contribution >= 0.6 is 15.9 Å². The van der Waals surface area contributed by atoms with Gasteiger partial charge in [-0.2, -0.15) is 0 Å². The SMILES string of the molecule is CC(C)OC(=O)C(Cc1ccc(Br)cc1)C(=O)OC(C)C. The van der Waals surface area contributed by atoms with Gasteiger partial charge in [0.25, 0.3) is 0 Å². The van der Waals surface area contributed by atoms with Gasteiger partial charge in [0.15, 0.2) is 5.92 Å². The minimum Gasteiger partial charge on any atom is -0.462 e. The van der Waals surface area contributed by atoms with E-state index in [-0.39, 0.29) is 18.6 Å². The first kappa shape index (κ1) is 17.7. The summed E-state index contributed by atoms with van der Waals surface area (Å²) in [6.45, 7) is 7.01. The highest BCUT2D eigenvalue weighted by Gasteiger charge is 2.31. The van der Waals surface area contributed by atoms with Crippen LogP contribution in [-0.4, -0.2) is 24.1 Å². The highest BCUT2D eigenvalue weighted by atomic mass is 79.9. The van der Waals surface area contributed by atoms with Crippen molar-refractivity contribution in [1.29, 1.82) is 0 Å². The smallest absolute Gasteiger partial charge is 0.320 e. The van der Waals surface area contributed by atoms with Crippen molar-refractivity contribution in [2.45, 2.75) is 46.3 Å². The number of ether oxygens (including phenoxy) is 2. The molecule has 0 spiro atoms. The first-order valence-corrected chi connectivity index (χ1v) is 7.74. The second-order valence-corrected chi connectivity index (χ2v) is 6.27. The van der Waals surface area contributed by atoms with Crippen LogP contribution in [0.15, 0.2) is 28.7 Å². The molecule has 21 heavy (non-hydrogen) atoms. The van der Waals surface area contributed by atoms with E-state index in [2.05, 4.69) is 15.9 Å². The Hall–Kier alpha value is -1.36. The Bertz CT molecular complexity index is 458. The number of rotatable bonds is 6. The van der Waals surface area contributed by atoms with E-state index < -0.39 is 17.9 Å². The van der Waals surface area contributed by atoms with Gasteiger partial charge in [0.05, 0.1) is 12.2 Å². The molecular formula is C16H21BrO4. The van der Waals surface area contributed by atoms with Gasteiger partial charge in [0.1, 0.15) is 0 Å². The van der Waals surface area contributed by atoms with Crippen molar-refractivity contribution >= 4 is 27.9 Å². The highest BCUT2D eigenvalue weighted by molar-refractivity contribution is 9.10. The Morgan fingerprint density at radius 3 is 1.76 bits per heavy atom. The van der Waals surface area contributed by atoms with Crippen LogP contribution in [0.4, 0.5) is 0 Å². The molecule has 0 heterocycles. The van der Waals surface area contributed by atoms with Crippen molar-refractivity contribution in [1.82, 2.24) is 0 Å².